The topological polar surface area (TPSA) is 85.2 Å². The van der Waals surface area contributed by atoms with Crippen LogP contribution in [-0.4, -0.2) is 80.4 Å². The lowest BCUT2D eigenvalue weighted by molar-refractivity contribution is -0.000848. The number of fused-ring (bicyclic) bond motifs is 1. The molecule has 9 heteroatoms. The van der Waals surface area contributed by atoms with Gasteiger partial charge in [-0.2, -0.15) is 10.2 Å². The molecule has 8 nitrogen and oxygen atoms in total. The van der Waals surface area contributed by atoms with E-state index in [-0.39, 0.29) is 17.7 Å². The van der Waals surface area contributed by atoms with Crippen molar-refractivity contribution in [1.82, 2.24) is 30.2 Å². The first-order chi connectivity index (χ1) is 18.2. The second-order valence-corrected chi connectivity index (χ2v) is 13.6. The lowest BCUT2D eigenvalue weighted by atomic mass is 9.61. The molecule has 0 atom stereocenters. The summed E-state index contributed by atoms with van der Waals surface area (Å²) in [5, 5.41) is 28.5. The van der Waals surface area contributed by atoms with E-state index < -0.39 is 0 Å². The normalized spacial score (nSPS) is 23.2. The fraction of sp³-hybridized carbons (Fsp3) is 0.655. The van der Waals surface area contributed by atoms with Gasteiger partial charge in [0.05, 0.1) is 34.9 Å². The maximum atomic E-state index is 10.1. The molecule has 7 rings (SSSR count). The number of nitrogens with zero attached hydrogens (tertiary/aromatic N) is 5. The number of halogens is 1. The van der Waals surface area contributed by atoms with E-state index in [9.17, 15) is 5.11 Å². The third kappa shape index (κ3) is 3.46. The molecule has 4 aliphatic rings. The molecule has 0 unspecified atom stereocenters. The smallest absolute Gasteiger partial charge is 0.159 e. The van der Waals surface area contributed by atoms with Crippen molar-refractivity contribution in [2.75, 3.05) is 44.2 Å². The first-order valence-corrected chi connectivity index (χ1v) is 14.6. The van der Waals surface area contributed by atoms with Crippen LogP contribution < -0.4 is 10.2 Å². The molecule has 2 aliphatic carbocycles. The summed E-state index contributed by atoms with van der Waals surface area (Å²) in [7, 11) is 0. The van der Waals surface area contributed by atoms with Crippen LogP contribution in [0.25, 0.3) is 22.0 Å². The first kappa shape index (κ1) is 24.9. The fourth-order valence-electron chi connectivity index (χ4n) is 7.60. The number of aromatic nitrogens is 4. The van der Waals surface area contributed by atoms with E-state index in [1.807, 2.05) is 6.20 Å². The minimum atomic E-state index is -0.230. The molecule has 4 fully saturated rings. The van der Waals surface area contributed by atoms with Crippen molar-refractivity contribution in [2.45, 2.75) is 76.9 Å². The minimum absolute atomic E-state index is 0.0373. The number of anilines is 1. The molecule has 204 valence electrons. The number of hydrogen-bond donors (Lipinski definition) is 3. The molecule has 0 bridgehead atoms. The third-order valence-corrected chi connectivity index (χ3v) is 10.9. The Morgan fingerprint density at radius 1 is 1.16 bits per heavy atom. The monoisotopic (exact) mass is 537 g/mol. The molecule has 2 aromatic heterocycles. The summed E-state index contributed by atoms with van der Waals surface area (Å²) >= 11 is 7.14. The van der Waals surface area contributed by atoms with Crippen LogP contribution in [0.2, 0.25) is 5.02 Å². The Kier molecular flexibility index (Phi) is 5.52. The Bertz CT molecular complexity index is 1390. The van der Waals surface area contributed by atoms with Crippen molar-refractivity contribution in [2.24, 2.45) is 5.41 Å². The van der Waals surface area contributed by atoms with E-state index in [1.54, 1.807) is 0 Å². The highest BCUT2D eigenvalue weighted by Gasteiger charge is 2.52. The summed E-state index contributed by atoms with van der Waals surface area (Å²) in [6.45, 7) is 13.8. The van der Waals surface area contributed by atoms with Gasteiger partial charge in [0.2, 0.25) is 0 Å². The van der Waals surface area contributed by atoms with Gasteiger partial charge in [0.25, 0.3) is 0 Å². The zero-order valence-electron chi connectivity index (χ0n) is 23.1. The van der Waals surface area contributed by atoms with Crippen molar-refractivity contribution >= 4 is 28.3 Å². The zero-order chi connectivity index (χ0) is 26.4. The van der Waals surface area contributed by atoms with Crippen LogP contribution >= 0.6 is 11.6 Å². The lowest BCUT2D eigenvalue weighted by Crippen LogP contribution is -2.69. The Hall–Kier alpha value is -2.13. The number of H-pyrrole nitrogens is 1. The van der Waals surface area contributed by atoms with Crippen LogP contribution in [-0.2, 0) is 0 Å². The number of aryl methyl sites for hydroxylation is 1. The third-order valence-electron chi connectivity index (χ3n) is 10.4. The lowest BCUT2D eigenvalue weighted by Gasteiger charge is -2.59. The summed E-state index contributed by atoms with van der Waals surface area (Å²) in [5.41, 5.74) is 5.76. The van der Waals surface area contributed by atoms with Crippen molar-refractivity contribution < 1.29 is 5.11 Å². The van der Waals surface area contributed by atoms with Gasteiger partial charge in [-0.05, 0) is 76.8 Å². The van der Waals surface area contributed by atoms with Crippen molar-refractivity contribution in [3.8, 4) is 11.1 Å². The molecule has 3 aromatic rings. The molecule has 2 spiro atoms. The molecule has 4 heterocycles. The Morgan fingerprint density at radius 2 is 1.92 bits per heavy atom. The Morgan fingerprint density at radius 3 is 2.55 bits per heavy atom. The van der Waals surface area contributed by atoms with Gasteiger partial charge in [0.1, 0.15) is 0 Å². The van der Waals surface area contributed by atoms with Gasteiger partial charge in [-0.25, -0.2) is 0 Å². The summed E-state index contributed by atoms with van der Waals surface area (Å²) in [6.07, 6.45) is 7.82. The highest BCUT2D eigenvalue weighted by Crippen LogP contribution is 2.54. The molecule has 2 saturated heterocycles. The molecule has 3 N–H and O–H groups in total. The second kappa shape index (κ2) is 8.43. The summed E-state index contributed by atoms with van der Waals surface area (Å²) < 4.78 is 2.33. The molecule has 0 radical (unpaired) electrons. The highest BCUT2D eigenvalue weighted by molar-refractivity contribution is 6.36. The maximum Gasteiger partial charge on any atom is 0.159 e. The fourth-order valence-corrected chi connectivity index (χ4v) is 7.85. The SMILES string of the molecule is Cc1cc2[nH]ncc2c(-c2c(N3CCN(C(C)(C)CO)CC34CCC4)nn(C3CC4(CNC4)C3)c2C)c1Cl. The number of nitrogens with one attached hydrogen (secondary N) is 2. The number of aliphatic hydroxyl groups is 1. The van der Waals surface area contributed by atoms with Crippen LogP contribution in [0, 0.1) is 19.3 Å². The summed E-state index contributed by atoms with van der Waals surface area (Å²) in [5.74, 6) is 1.08. The van der Waals surface area contributed by atoms with Gasteiger partial charge >= 0.3 is 0 Å². The van der Waals surface area contributed by atoms with Crippen molar-refractivity contribution in [1.29, 1.82) is 0 Å². The van der Waals surface area contributed by atoms with Gasteiger partial charge in [-0.3, -0.25) is 14.7 Å². The number of rotatable bonds is 5. The van der Waals surface area contributed by atoms with Gasteiger partial charge in [-0.1, -0.05) is 11.6 Å². The largest absolute Gasteiger partial charge is 0.394 e. The standard InChI is InChI=1S/C29H40ClN7O/c1-18-10-22-21(13-32-33-22)24(25(18)30)23-19(2)37(20-11-28(12-20)14-31-15-28)34-26(23)36-9-8-35(27(3,4)17-38)16-29(36)6-5-7-29/h10,13,20,31,38H,5-9,11-12,14-17H2,1-4H3,(H,32,33). The van der Waals surface area contributed by atoms with Crippen LogP contribution in [0.15, 0.2) is 12.3 Å². The molecule has 2 aliphatic heterocycles. The maximum absolute atomic E-state index is 10.1. The van der Waals surface area contributed by atoms with Crippen molar-refractivity contribution in [3.05, 3.63) is 28.5 Å². The molecular formula is C29H40ClN7O. The van der Waals surface area contributed by atoms with E-state index in [0.717, 1.165) is 78.4 Å². The van der Waals surface area contributed by atoms with Crippen LogP contribution in [0.4, 0.5) is 5.82 Å². The quantitative estimate of drug-likeness (QED) is 0.446. The summed E-state index contributed by atoms with van der Waals surface area (Å²) in [4.78, 5) is 5.10. The highest BCUT2D eigenvalue weighted by atomic mass is 35.5. The molecule has 38 heavy (non-hydrogen) atoms. The zero-order valence-corrected chi connectivity index (χ0v) is 23.8. The van der Waals surface area contributed by atoms with Crippen molar-refractivity contribution in [3.63, 3.8) is 0 Å². The number of piperazine rings is 1. The molecule has 2 saturated carbocycles. The first-order valence-electron chi connectivity index (χ1n) is 14.2. The van der Waals surface area contributed by atoms with E-state index in [4.69, 9.17) is 16.7 Å². The van der Waals surface area contributed by atoms with Gasteiger partial charge in [-0.15, -0.1) is 0 Å². The molecule has 1 aromatic carbocycles. The van der Waals surface area contributed by atoms with Gasteiger partial charge in [0, 0.05) is 60.5 Å². The van der Waals surface area contributed by atoms with Gasteiger partial charge < -0.3 is 15.3 Å². The average Bonchev–Trinajstić information content (AvgIpc) is 3.41. The Balaban J connectivity index is 1.37. The second-order valence-electron chi connectivity index (χ2n) is 13.2. The predicted octanol–water partition coefficient (Wildman–Crippen LogP) is 4.44. The van der Waals surface area contributed by atoms with E-state index in [2.05, 4.69) is 63.8 Å². The number of benzene rings is 1. The molecule has 0 amide bonds. The predicted molar refractivity (Wildman–Crippen MR) is 152 cm³/mol. The van der Waals surface area contributed by atoms with Crippen LogP contribution in [0.1, 0.15) is 63.3 Å². The van der Waals surface area contributed by atoms with Crippen LogP contribution in [0.3, 0.4) is 0 Å². The van der Waals surface area contributed by atoms with E-state index >= 15 is 0 Å². The Labute approximate surface area is 229 Å². The van der Waals surface area contributed by atoms with E-state index in [1.165, 1.54) is 30.5 Å². The van der Waals surface area contributed by atoms with E-state index in [0.29, 0.717) is 11.5 Å². The van der Waals surface area contributed by atoms with Gasteiger partial charge in [0.15, 0.2) is 5.82 Å². The number of aromatic amines is 1. The summed E-state index contributed by atoms with van der Waals surface area (Å²) in [6, 6.07) is 2.52. The number of aliphatic hydroxyl groups excluding tert-OH is 1. The average molecular weight is 538 g/mol. The minimum Gasteiger partial charge on any atom is -0.394 e. The molecular weight excluding hydrogens is 498 g/mol. The number of hydrogen-bond acceptors (Lipinski definition) is 6. The van der Waals surface area contributed by atoms with Crippen LogP contribution in [0.5, 0.6) is 0 Å².